The first-order chi connectivity index (χ1) is 9.99. The van der Waals surface area contributed by atoms with Gasteiger partial charge >= 0.3 is 0 Å². The average Bonchev–Trinajstić information content (AvgIpc) is 2.41. The summed E-state index contributed by atoms with van der Waals surface area (Å²) in [7, 11) is -7.59. The second-order valence-electron chi connectivity index (χ2n) is 4.33. The molecule has 0 saturated carbocycles. The highest BCUT2D eigenvalue weighted by Gasteiger charge is 2.24. The van der Waals surface area contributed by atoms with Crippen molar-refractivity contribution in [2.45, 2.75) is 6.92 Å². The van der Waals surface area contributed by atoms with Crippen LogP contribution in [0.1, 0.15) is 6.92 Å². The summed E-state index contributed by atoms with van der Waals surface area (Å²) in [5.74, 6) is -5.14. The maximum atomic E-state index is 13.7. The predicted octanol–water partition coefficient (Wildman–Crippen LogP) is 0.809. The number of hydrogen-bond donors (Lipinski definition) is 1. The normalized spacial score (nSPS) is 12.4. The zero-order valence-electron chi connectivity index (χ0n) is 11.8. The van der Waals surface area contributed by atoms with Crippen molar-refractivity contribution in [3.63, 3.8) is 0 Å². The number of nitrogens with zero attached hydrogens (tertiary/aromatic N) is 1. The van der Waals surface area contributed by atoms with E-state index in [9.17, 15) is 30.0 Å². The number of halogens is 3. The first-order valence-corrected chi connectivity index (χ1v) is 9.58. The van der Waals surface area contributed by atoms with E-state index in [2.05, 4.69) is 4.72 Å². The van der Waals surface area contributed by atoms with E-state index in [0.29, 0.717) is 10.4 Å². The van der Waals surface area contributed by atoms with Crippen LogP contribution in [-0.2, 0) is 20.0 Å². The number of hydrogen-bond acceptors (Lipinski definition) is 4. The van der Waals surface area contributed by atoms with Crippen molar-refractivity contribution in [3.8, 4) is 0 Å². The van der Waals surface area contributed by atoms with Gasteiger partial charge in [-0.1, -0.05) is 0 Å². The third kappa shape index (κ3) is 4.58. The fraction of sp³-hybridized carbons (Fsp3) is 0.455. The average molecular weight is 360 g/mol. The molecule has 1 aromatic carbocycles. The second kappa shape index (κ2) is 6.84. The van der Waals surface area contributed by atoms with Crippen LogP contribution in [0.2, 0.25) is 0 Å². The Morgan fingerprint density at radius 2 is 1.68 bits per heavy atom. The van der Waals surface area contributed by atoms with Gasteiger partial charge in [-0.15, -0.1) is 0 Å². The van der Waals surface area contributed by atoms with E-state index in [1.807, 2.05) is 0 Å². The van der Waals surface area contributed by atoms with Crippen molar-refractivity contribution in [2.75, 3.05) is 29.4 Å². The van der Waals surface area contributed by atoms with E-state index < -0.39 is 49.7 Å². The van der Waals surface area contributed by atoms with Crippen LogP contribution in [0.25, 0.3) is 0 Å². The van der Waals surface area contributed by atoms with Crippen molar-refractivity contribution in [1.29, 1.82) is 0 Å². The van der Waals surface area contributed by atoms with Crippen LogP contribution in [0.15, 0.2) is 12.1 Å². The third-order valence-corrected chi connectivity index (χ3v) is 5.28. The lowest BCUT2D eigenvalue weighted by Gasteiger charge is -2.23. The maximum absolute atomic E-state index is 13.7. The molecular weight excluding hydrogens is 345 g/mol. The number of sulfonamides is 2. The third-order valence-electron chi connectivity index (χ3n) is 2.70. The Labute approximate surface area is 127 Å². The molecule has 0 aliphatic carbocycles. The van der Waals surface area contributed by atoms with E-state index in [0.717, 1.165) is 12.3 Å². The van der Waals surface area contributed by atoms with Crippen LogP contribution in [0.5, 0.6) is 0 Å². The second-order valence-corrected chi connectivity index (χ2v) is 8.33. The molecule has 0 unspecified atom stereocenters. The summed E-state index contributed by atoms with van der Waals surface area (Å²) in [6.07, 6.45) is 0.738. The molecule has 0 heterocycles. The maximum Gasteiger partial charge on any atom is 0.232 e. The van der Waals surface area contributed by atoms with E-state index in [4.69, 9.17) is 0 Å². The molecule has 0 spiro atoms. The molecule has 0 aliphatic heterocycles. The molecule has 0 radical (unpaired) electrons. The highest BCUT2D eigenvalue weighted by molar-refractivity contribution is 7.92. The summed E-state index contributed by atoms with van der Waals surface area (Å²) >= 11 is 0. The molecule has 1 N–H and O–H groups in total. The van der Waals surface area contributed by atoms with E-state index >= 15 is 0 Å². The standard InChI is InChI=1S/C11H15F3N2O4S2/c1-3-22(19,20)15-6-7-16(21(2,17)18)9-5-4-8(12)10(13)11(9)14/h4-5,15H,3,6-7H2,1-2H3. The molecule has 1 aromatic rings. The van der Waals surface area contributed by atoms with Crippen LogP contribution in [-0.4, -0.2) is 41.9 Å². The lowest BCUT2D eigenvalue weighted by Crippen LogP contribution is -2.39. The summed E-state index contributed by atoms with van der Waals surface area (Å²) in [5.41, 5.74) is -0.697. The van der Waals surface area contributed by atoms with Crippen LogP contribution < -0.4 is 9.03 Å². The Morgan fingerprint density at radius 1 is 1.09 bits per heavy atom. The molecule has 0 atom stereocenters. The minimum Gasteiger partial charge on any atom is -0.266 e. The van der Waals surface area contributed by atoms with Gasteiger partial charge in [0.25, 0.3) is 0 Å². The smallest absolute Gasteiger partial charge is 0.232 e. The molecule has 1 rings (SSSR count). The molecule has 6 nitrogen and oxygen atoms in total. The van der Waals surface area contributed by atoms with Gasteiger partial charge in [0, 0.05) is 13.1 Å². The van der Waals surface area contributed by atoms with Gasteiger partial charge < -0.3 is 0 Å². The summed E-state index contributed by atoms with van der Waals surface area (Å²) in [6, 6.07) is 1.35. The molecule has 0 bridgehead atoms. The SMILES string of the molecule is CCS(=O)(=O)NCCN(c1ccc(F)c(F)c1F)S(C)(=O)=O. The van der Waals surface area contributed by atoms with Crippen LogP contribution in [0, 0.1) is 17.5 Å². The molecule has 11 heteroatoms. The largest absolute Gasteiger partial charge is 0.266 e. The van der Waals surface area contributed by atoms with Gasteiger partial charge in [0.05, 0.1) is 17.7 Å². The summed E-state index contributed by atoms with van der Waals surface area (Å²) in [6.45, 7) is 0.563. The van der Waals surface area contributed by atoms with Gasteiger partial charge in [-0.3, -0.25) is 4.31 Å². The molecule has 0 amide bonds. The zero-order chi connectivity index (χ0) is 17.1. The Hall–Kier alpha value is -1.33. The van der Waals surface area contributed by atoms with Gasteiger partial charge in [0.2, 0.25) is 20.0 Å². The van der Waals surface area contributed by atoms with E-state index in [1.54, 1.807) is 0 Å². The minimum atomic E-state index is -4.03. The van der Waals surface area contributed by atoms with Crippen molar-refractivity contribution < 1.29 is 30.0 Å². The van der Waals surface area contributed by atoms with Crippen LogP contribution in [0.4, 0.5) is 18.9 Å². The number of nitrogens with one attached hydrogen (secondary N) is 1. The lowest BCUT2D eigenvalue weighted by atomic mass is 10.3. The first-order valence-electron chi connectivity index (χ1n) is 6.08. The Morgan fingerprint density at radius 3 is 2.18 bits per heavy atom. The molecule has 126 valence electrons. The summed E-state index contributed by atoms with van der Waals surface area (Å²) in [4.78, 5) is 0. The molecule has 0 aromatic heterocycles. The monoisotopic (exact) mass is 360 g/mol. The fourth-order valence-electron chi connectivity index (χ4n) is 1.58. The Balaban J connectivity index is 3.09. The number of rotatable bonds is 7. The molecular formula is C11H15F3N2O4S2. The van der Waals surface area contributed by atoms with Gasteiger partial charge in [-0.25, -0.2) is 34.7 Å². The van der Waals surface area contributed by atoms with Crippen LogP contribution in [0.3, 0.4) is 0 Å². The Bertz CT molecular complexity index is 751. The Kier molecular flexibility index (Phi) is 5.82. The van der Waals surface area contributed by atoms with Gasteiger partial charge in [-0.2, -0.15) is 0 Å². The van der Waals surface area contributed by atoms with Crippen LogP contribution >= 0.6 is 0 Å². The quantitative estimate of drug-likeness (QED) is 0.730. The van der Waals surface area contributed by atoms with Gasteiger partial charge in [-0.05, 0) is 19.1 Å². The molecule has 0 aliphatic rings. The predicted molar refractivity (Wildman–Crippen MR) is 76.0 cm³/mol. The van der Waals surface area contributed by atoms with Crippen molar-refractivity contribution in [1.82, 2.24) is 4.72 Å². The number of benzene rings is 1. The minimum absolute atomic E-state index is 0.217. The van der Waals surface area contributed by atoms with E-state index in [1.165, 1.54) is 6.92 Å². The van der Waals surface area contributed by atoms with Gasteiger partial charge in [0.15, 0.2) is 17.5 Å². The molecule has 22 heavy (non-hydrogen) atoms. The highest BCUT2D eigenvalue weighted by Crippen LogP contribution is 2.25. The number of anilines is 1. The first kappa shape index (κ1) is 18.7. The summed E-state index contributed by atoms with van der Waals surface area (Å²) < 4.78 is 88.3. The van der Waals surface area contributed by atoms with Gasteiger partial charge in [0.1, 0.15) is 0 Å². The van der Waals surface area contributed by atoms with Crippen molar-refractivity contribution in [3.05, 3.63) is 29.6 Å². The van der Waals surface area contributed by atoms with E-state index in [-0.39, 0.29) is 12.3 Å². The topological polar surface area (TPSA) is 83.6 Å². The molecule has 0 fully saturated rings. The summed E-state index contributed by atoms with van der Waals surface area (Å²) in [5, 5.41) is 0. The molecule has 0 saturated heterocycles. The van der Waals surface area contributed by atoms with Crippen molar-refractivity contribution in [2.24, 2.45) is 0 Å². The fourth-order valence-corrected chi connectivity index (χ4v) is 3.11. The lowest BCUT2D eigenvalue weighted by molar-refractivity contribution is 0.447. The highest BCUT2D eigenvalue weighted by atomic mass is 32.2. The van der Waals surface area contributed by atoms with Crippen molar-refractivity contribution >= 4 is 25.7 Å². The zero-order valence-corrected chi connectivity index (χ0v) is 13.4.